The minimum Gasteiger partial charge on any atom is -0.434 e. The molecule has 0 bridgehead atoms. The lowest BCUT2D eigenvalue weighted by Gasteiger charge is -2.16. The Balaban J connectivity index is 2.01. The van der Waals surface area contributed by atoms with E-state index in [1.54, 1.807) is 24.5 Å². The van der Waals surface area contributed by atoms with Gasteiger partial charge in [-0.1, -0.05) is 6.07 Å². The standard InChI is InChI=1S/C21H14F7N3O3S/c1-10-16(18(32)29-11-4-3-5-13(8-11)35-2)19(31-30-17(10)20(23,24)25)33-15-7-6-12(9-14(15)22)34-21(26,27)28/h3-9H,1-2H3,(H,29,32). The molecule has 0 saturated heterocycles. The Morgan fingerprint density at radius 1 is 1.03 bits per heavy atom. The highest BCUT2D eigenvalue weighted by molar-refractivity contribution is 7.98. The van der Waals surface area contributed by atoms with Crippen LogP contribution in [0.5, 0.6) is 17.4 Å². The number of ether oxygens (including phenoxy) is 2. The van der Waals surface area contributed by atoms with Crippen molar-refractivity contribution in [1.29, 1.82) is 0 Å². The Morgan fingerprint density at radius 3 is 2.34 bits per heavy atom. The fourth-order valence-electron chi connectivity index (χ4n) is 2.87. The third-order valence-corrected chi connectivity index (χ3v) is 5.08. The third kappa shape index (κ3) is 6.53. The van der Waals surface area contributed by atoms with Crippen LogP contribution in [0.4, 0.5) is 36.4 Å². The summed E-state index contributed by atoms with van der Waals surface area (Å²) < 4.78 is 100. The Hall–Kier alpha value is -3.55. The molecule has 1 N–H and O–H groups in total. The molecule has 0 atom stereocenters. The van der Waals surface area contributed by atoms with E-state index < -0.39 is 58.5 Å². The zero-order chi connectivity index (χ0) is 26.0. The largest absolute Gasteiger partial charge is 0.573 e. The van der Waals surface area contributed by atoms with Gasteiger partial charge < -0.3 is 14.8 Å². The second-order valence-corrected chi connectivity index (χ2v) is 7.66. The van der Waals surface area contributed by atoms with Crippen LogP contribution in [0.3, 0.4) is 0 Å². The highest BCUT2D eigenvalue weighted by atomic mass is 32.2. The molecule has 0 aliphatic carbocycles. The second-order valence-electron chi connectivity index (χ2n) is 6.78. The number of amides is 1. The van der Waals surface area contributed by atoms with Gasteiger partial charge in [0.15, 0.2) is 17.3 Å². The number of anilines is 1. The van der Waals surface area contributed by atoms with E-state index in [-0.39, 0.29) is 5.69 Å². The molecule has 0 aliphatic heterocycles. The number of aromatic nitrogens is 2. The fourth-order valence-corrected chi connectivity index (χ4v) is 3.33. The normalized spacial score (nSPS) is 11.8. The van der Waals surface area contributed by atoms with Gasteiger partial charge in [0.05, 0.1) is 0 Å². The van der Waals surface area contributed by atoms with Crippen molar-refractivity contribution in [3.05, 3.63) is 65.1 Å². The molecule has 186 valence electrons. The minimum absolute atomic E-state index is 0.248. The Morgan fingerprint density at radius 2 is 1.74 bits per heavy atom. The molecule has 0 unspecified atom stereocenters. The minimum atomic E-state index is -5.08. The predicted molar refractivity (Wildman–Crippen MR) is 111 cm³/mol. The van der Waals surface area contributed by atoms with E-state index in [4.69, 9.17) is 4.74 Å². The van der Waals surface area contributed by atoms with Gasteiger partial charge in [0, 0.05) is 16.6 Å². The molecular formula is C21H14F7N3O3S. The molecule has 1 heterocycles. The number of thioether (sulfide) groups is 1. The van der Waals surface area contributed by atoms with Gasteiger partial charge in [-0.15, -0.1) is 35.1 Å². The van der Waals surface area contributed by atoms with E-state index in [0.29, 0.717) is 12.1 Å². The monoisotopic (exact) mass is 521 g/mol. The summed E-state index contributed by atoms with van der Waals surface area (Å²) in [6.45, 7) is 0.953. The van der Waals surface area contributed by atoms with Crippen LogP contribution in [-0.4, -0.2) is 28.7 Å². The van der Waals surface area contributed by atoms with Crippen LogP contribution in [0.25, 0.3) is 0 Å². The number of benzene rings is 2. The van der Waals surface area contributed by atoms with Gasteiger partial charge in [-0.3, -0.25) is 4.79 Å². The van der Waals surface area contributed by atoms with Crippen LogP contribution in [0.2, 0.25) is 0 Å². The average molecular weight is 521 g/mol. The Bertz CT molecular complexity index is 1250. The Labute approximate surface area is 197 Å². The number of nitrogens with zero attached hydrogens (tertiary/aromatic N) is 2. The predicted octanol–water partition coefficient (Wildman–Crippen LogP) is 6.61. The number of nitrogens with one attached hydrogen (secondary N) is 1. The van der Waals surface area contributed by atoms with Gasteiger partial charge in [0.25, 0.3) is 11.8 Å². The molecule has 0 fully saturated rings. The first-order chi connectivity index (χ1) is 16.3. The number of alkyl halides is 6. The van der Waals surface area contributed by atoms with Crippen molar-refractivity contribution < 1.29 is 45.0 Å². The van der Waals surface area contributed by atoms with Crippen LogP contribution in [0.1, 0.15) is 21.6 Å². The summed E-state index contributed by atoms with van der Waals surface area (Å²) in [7, 11) is 0. The van der Waals surface area contributed by atoms with Crippen molar-refractivity contribution >= 4 is 23.4 Å². The summed E-state index contributed by atoms with van der Waals surface area (Å²) in [5.41, 5.74) is -2.57. The Kier molecular flexibility index (Phi) is 7.43. The summed E-state index contributed by atoms with van der Waals surface area (Å²) >= 11 is 1.36. The lowest BCUT2D eigenvalue weighted by Crippen LogP contribution is -2.21. The lowest BCUT2D eigenvalue weighted by atomic mass is 10.1. The maximum atomic E-state index is 14.3. The summed E-state index contributed by atoms with van der Waals surface area (Å²) in [6.07, 6.45) is -8.27. The summed E-state index contributed by atoms with van der Waals surface area (Å²) in [5.74, 6) is -4.84. The van der Waals surface area contributed by atoms with Gasteiger partial charge >= 0.3 is 12.5 Å². The molecule has 0 aliphatic rings. The van der Waals surface area contributed by atoms with Crippen molar-refractivity contribution in [2.24, 2.45) is 0 Å². The van der Waals surface area contributed by atoms with Crippen LogP contribution in [-0.2, 0) is 6.18 Å². The van der Waals surface area contributed by atoms with Crippen molar-refractivity contribution in [3.63, 3.8) is 0 Å². The zero-order valence-electron chi connectivity index (χ0n) is 17.7. The fraction of sp³-hybridized carbons (Fsp3) is 0.190. The highest BCUT2D eigenvalue weighted by Gasteiger charge is 2.38. The van der Waals surface area contributed by atoms with E-state index in [0.717, 1.165) is 17.9 Å². The van der Waals surface area contributed by atoms with E-state index in [1.807, 2.05) is 0 Å². The highest BCUT2D eigenvalue weighted by Crippen LogP contribution is 2.36. The van der Waals surface area contributed by atoms with Crippen LogP contribution in [0, 0.1) is 12.7 Å². The first-order valence-electron chi connectivity index (χ1n) is 9.41. The van der Waals surface area contributed by atoms with Crippen molar-refractivity contribution in [1.82, 2.24) is 10.2 Å². The maximum absolute atomic E-state index is 14.3. The number of carbonyl (C=O) groups excluding carboxylic acids is 1. The van der Waals surface area contributed by atoms with Gasteiger partial charge in [-0.2, -0.15) is 13.2 Å². The molecule has 3 aromatic rings. The van der Waals surface area contributed by atoms with Crippen molar-refractivity contribution in [2.75, 3.05) is 11.6 Å². The topological polar surface area (TPSA) is 73.3 Å². The smallest absolute Gasteiger partial charge is 0.434 e. The first-order valence-corrected chi connectivity index (χ1v) is 10.6. The molecule has 0 spiro atoms. The molecule has 2 aromatic carbocycles. The number of hydrogen-bond donors (Lipinski definition) is 1. The van der Waals surface area contributed by atoms with E-state index in [9.17, 15) is 35.5 Å². The molecule has 1 aromatic heterocycles. The van der Waals surface area contributed by atoms with Crippen LogP contribution in [0.15, 0.2) is 47.4 Å². The molecule has 0 radical (unpaired) electrons. The van der Waals surface area contributed by atoms with E-state index in [1.165, 1.54) is 17.8 Å². The number of rotatable bonds is 6. The summed E-state index contributed by atoms with van der Waals surface area (Å²) in [4.78, 5) is 13.7. The zero-order valence-corrected chi connectivity index (χ0v) is 18.5. The molecule has 1 amide bonds. The number of hydrogen-bond acceptors (Lipinski definition) is 6. The molecular weight excluding hydrogens is 507 g/mol. The average Bonchev–Trinajstić information content (AvgIpc) is 2.73. The second kappa shape index (κ2) is 9.98. The summed E-state index contributed by atoms with van der Waals surface area (Å²) in [6, 6.07) is 8.20. The number of carbonyl (C=O) groups is 1. The number of halogens is 7. The molecule has 0 saturated carbocycles. The van der Waals surface area contributed by atoms with Gasteiger partial charge in [-0.25, -0.2) is 4.39 Å². The van der Waals surface area contributed by atoms with Gasteiger partial charge in [-0.05, 0) is 49.1 Å². The summed E-state index contributed by atoms with van der Waals surface area (Å²) in [5, 5.41) is 8.75. The first kappa shape index (κ1) is 26.1. The van der Waals surface area contributed by atoms with E-state index >= 15 is 0 Å². The molecule has 3 rings (SSSR count). The quantitative estimate of drug-likeness (QED) is 0.291. The molecule has 35 heavy (non-hydrogen) atoms. The van der Waals surface area contributed by atoms with Gasteiger partial charge in [0.2, 0.25) is 0 Å². The van der Waals surface area contributed by atoms with Gasteiger partial charge in [0.1, 0.15) is 11.3 Å². The lowest BCUT2D eigenvalue weighted by molar-refractivity contribution is -0.274. The van der Waals surface area contributed by atoms with Crippen molar-refractivity contribution in [3.8, 4) is 17.4 Å². The maximum Gasteiger partial charge on any atom is 0.573 e. The molecule has 6 nitrogen and oxygen atoms in total. The van der Waals surface area contributed by atoms with E-state index in [2.05, 4.69) is 20.3 Å². The van der Waals surface area contributed by atoms with Crippen molar-refractivity contribution in [2.45, 2.75) is 24.4 Å². The van der Waals surface area contributed by atoms with Crippen LogP contribution >= 0.6 is 11.8 Å². The SMILES string of the molecule is CSc1cccc(NC(=O)c2c(Oc3ccc(OC(F)(F)F)cc3F)nnc(C(F)(F)F)c2C)c1. The third-order valence-electron chi connectivity index (χ3n) is 4.35. The molecule has 14 heteroatoms. The van der Waals surface area contributed by atoms with Crippen LogP contribution < -0.4 is 14.8 Å².